The molecule has 0 radical (unpaired) electrons. The molecule has 1 aromatic heterocycles. The summed E-state index contributed by atoms with van der Waals surface area (Å²) >= 11 is 0. The molecule has 0 amide bonds. The van der Waals surface area contributed by atoms with Crippen molar-refractivity contribution in [2.45, 2.75) is 26.3 Å². The summed E-state index contributed by atoms with van der Waals surface area (Å²) in [5, 5.41) is 19.5. The zero-order valence-electron chi connectivity index (χ0n) is 14.2. The number of alkyl halides is 3. The molecular weight excluding hydrogens is 363 g/mol. The van der Waals surface area contributed by atoms with Crippen molar-refractivity contribution >= 4 is 16.9 Å². The van der Waals surface area contributed by atoms with Gasteiger partial charge < -0.3 is 19.5 Å². The molecule has 5 nitrogen and oxygen atoms in total. The fourth-order valence-corrected chi connectivity index (χ4v) is 3.10. The highest BCUT2D eigenvalue weighted by Crippen LogP contribution is 2.30. The fourth-order valence-electron chi connectivity index (χ4n) is 3.10. The molecule has 2 N–H and O–H groups in total. The second-order valence-corrected chi connectivity index (χ2v) is 6.11. The number of fused-ring (bicyclic) bond motifs is 1. The first-order chi connectivity index (χ1) is 12.6. The van der Waals surface area contributed by atoms with Crippen LogP contribution < -0.4 is 4.74 Å². The maximum absolute atomic E-state index is 12.3. The molecule has 0 unspecified atom stereocenters. The minimum absolute atomic E-state index is 0.0277. The summed E-state index contributed by atoms with van der Waals surface area (Å²) in [5.41, 5.74) is 2.76. The van der Waals surface area contributed by atoms with Crippen molar-refractivity contribution in [3.8, 4) is 11.5 Å². The van der Waals surface area contributed by atoms with Crippen molar-refractivity contribution in [2.24, 2.45) is 0 Å². The molecule has 27 heavy (non-hydrogen) atoms. The Bertz CT molecular complexity index is 991. The SMILES string of the molecule is Cc1c(CC(=O)O)c2cc(O)ccc2n1Cc1ccc(OC(F)(F)F)cc1. The van der Waals surface area contributed by atoms with Gasteiger partial charge in [-0.3, -0.25) is 4.79 Å². The molecule has 0 bridgehead atoms. The van der Waals surface area contributed by atoms with Crippen molar-refractivity contribution in [3.05, 3.63) is 59.3 Å². The number of aliphatic carboxylic acids is 1. The number of phenols is 1. The maximum Gasteiger partial charge on any atom is 0.573 e. The van der Waals surface area contributed by atoms with E-state index in [-0.39, 0.29) is 17.9 Å². The van der Waals surface area contributed by atoms with E-state index in [1.54, 1.807) is 13.0 Å². The van der Waals surface area contributed by atoms with Crippen LogP contribution in [0, 0.1) is 6.92 Å². The maximum atomic E-state index is 12.3. The number of benzene rings is 2. The summed E-state index contributed by atoms with van der Waals surface area (Å²) in [5.74, 6) is -1.27. The molecule has 0 saturated heterocycles. The van der Waals surface area contributed by atoms with Crippen LogP contribution in [0.5, 0.6) is 11.5 Å². The van der Waals surface area contributed by atoms with E-state index in [2.05, 4.69) is 4.74 Å². The second kappa shape index (κ2) is 6.86. The van der Waals surface area contributed by atoms with Crippen molar-refractivity contribution in [1.82, 2.24) is 4.57 Å². The van der Waals surface area contributed by atoms with Gasteiger partial charge in [-0.1, -0.05) is 12.1 Å². The molecule has 0 spiro atoms. The Morgan fingerprint density at radius 1 is 1.15 bits per heavy atom. The van der Waals surface area contributed by atoms with Crippen LogP contribution in [0.4, 0.5) is 13.2 Å². The van der Waals surface area contributed by atoms with Gasteiger partial charge in [0.15, 0.2) is 0 Å². The Labute approximate surface area is 152 Å². The normalized spacial score (nSPS) is 11.7. The fraction of sp³-hybridized carbons (Fsp3) is 0.211. The van der Waals surface area contributed by atoms with Gasteiger partial charge >= 0.3 is 12.3 Å². The number of hydrogen-bond donors (Lipinski definition) is 2. The first-order valence-electron chi connectivity index (χ1n) is 8.01. The van der Waals surface area contributed by atoms with Gasteiger partial charge in [0.1, 0.15) is 11.5 Å². The van der Waals surface area contributed by atoms with Crippen LogP contribution in [0.3, 0.4) is 0 Å². The van der Waals surface area contributed by atoms with Crippen LogP contribution in [0.2, 0.25) is 0 Å². The number of aromatic hydroxyl groups is 1. The highest BCUT2D eigenvalue weighted by molar-refractivity contribution is 5.90. The largest absolute Gasteiger partial charge is 0.573 e. The number of carboxylic acids is 1. The molecule has 0 saturated carbocycles. The number of halogens is 3. The Morgan fingerprint density at radius 2 is 1.81 bits per heavy atom. The zero-order chi connectivity index (χ0) is 19.8. The van der Waals surface area contributed by atoms with Gasteiger partial charge in [0.05, 0.1) is 6.42 Å². The van der Waals surface area contributed by atoms with Gasteiger partial charge in [0.2, 0.25) is 0 Å². The van der Waals surface area contributed by atoms with Gasteiger partial charge in [0.25, 0.3) is 0 Å². The van der Waals surface area contributed by atoms with Crippen LogP contribution in [0.25, 0.3) is 10.9 Å². The highest BCUT2D eigenvalue weighted by atomic mass is 19.4. The molecular formula is C19H16F3NO4. The number of carbonyl (C=O) groups is 1. The van der Waals surface area contributed by atoms with Gasteiger partial charge in [-0.15, -0.1) is 13.2 Å². The van der Waals surface area contributed by atoms with E-state index < -0.39 is 12.3 Å². The lowest BCUT2D eigenvalue weighted by Crippen LogP contribution is -2.17. The summed E-state index contributed by atoms with van der Waals surface area (Å²) in [4.78, 5) is 11.2. The van der Waals surface area contributed by atoms with E-state index in [4.69, 9.17) is 5.11 Å². The predicted octanol–water partition coefficient (Wildman–Crippen LogP) is 4.23. The molecule has 0 aliphatic rings. The summed E-state index contributed by atoms with van der Waals surface area (Å²) in [6, 6.07) is 10.2. The van der Waals surface area contributed by atoms with E-state index in [0.29, 0.717) is 23.2 Å². The lowest BCUT2D eigenvalue weighted by Gasteiger charge is -2.11. The highest BCUT2D eigenvalue weighted by Gasteiger charge is 2.31. The van der Waals surface area contributed by atoms with Gasteiger partial charge in [-0.25, -0.2) is 0 Å². The number of rotatable bonds is 5. The molecule has 3 aromatic rings. The van der Waals surface area contributed by atoms with Crippen molar-refractivity contribution in [2.75, 3.05) is 0 Å². The van der Waals surface area contributed by atoms with Crippen LogP contribution in [-0.4, -0.2) is 27.1 Å². The van der Waals surface area contributed by atoms with Gasteiger partial charge in [0, 0.05) is 23.1 Å². The summed E-state index contributed by atoms with van der Waals surface area (Å²) in [6.07, 6.45) is -4.94. The number of ether oxygens (including phenoxy) is 1. The Balaban J connectivity index is 1.97. The second-order valence-electron chi connectivity index (χ2n) is 6.11. The molecule has 3 rings (SSSR count). The number of nitrogens with zero attached hydrogens (tertiary/aromatic N) is 1. The molecule has 0 aliphatic heterocycles. The third-order valence-corrected chi connectivity index (χ3v) is 4.26. The number of carboxylic acid groups (broad SMARTS) is 1. The van der Waals surface area contributed by atoms with Crippen LogP contribution >= 0.6 is 0 Å². The topological polar surface area (TPSA) is 71.7 Å². The van der Waals surface area contributed by atoms with E-state index in [0.717, 1.165) is 11.1 Å². The molecule has 0 fully saturated rings. The monoisotopic (exact) mass is 379 g/mol. The van der Waals surface area contributed by atoms with Crippen molar-refractivity contribution in [3.63, 3.8) is 0 Å². The molecule has 142 valence electrons. The van der Waals surface area contributed by atoms with E-state index in [1.165, 1.54) is 36.4 Å². The third kappa shape index (κ3) is 4.16. The van der Waals surface area contributed by atoms with Crippen LogP contribution in [-0.2, 0) is 17.8 Å². The van der Waals surface area contributed by atoms with Crippen molar-refractivity contribution < 1.29 is 32.9 Å². The molecule has 0 atom stereocenters. The molecule has 8 heteroatoms. The van der Waals surface area contributed by atoms with Gasteiger partial charge in [-0.05, 0) is 48.4 Å². The van der Waals surface area contributed by atoms with Crippen LogP contribution in [0.15, 0.2) is 42.5 Å². The van der Waals surface area contributed by atoms with Crippen LogP contribution in [0.1, 0.15) is 16.8 Å². The Kier molecular flexibility index (Phi) is 4.73. The van der Waals surface area contributed by atoms with Gasteiger partial charge in [-0.2, -0.15) is 0 Å². The molecule has 0 aliphatic carbocycles. The third-order valence-electron chi connectivity index (χ3n) is 4.26. The van der Waals surface area contributed by atoms with E-state index in [9.17, 15) is 23.1 Å². The summed E-state index contributed by atoms with van der Waals surface area (Å²) < 4.78 is 42.5. The number of phenolic OH excluding ortho intramolecular Hbond substituents is 1. The smallest absolute Gasteiger partial charge is 0.508 e. The Hall–Kier alpha value is -3.16. The van der Waals surface area contributed by atoms with E-state index in [1.807, 2.05) is 4.57 Å². The first-order valence-corrected chi connectivity index (χ1v) is 8.01. The standard InChI is InChI=1S/C19H16F3NO4/c1-11-15(9-18(25)26)16-8-13(24)4-7-17(16)23(11)10-12-2-5-14(6-3-12)27-19(20,21)22/h2-8,24H,9-10H2,1H3,(H,25,26). The average molecular weight is 379 g/mol. The predicted molar refractivity (Wildman–Crippen MR) is 91.9 cm³/mol. The average Bonchev–Trinajstić information content (AvgIpc) is 2.80. The summed E-state index contributed by atoms with van der Waals surface area (Å²) in [7, 11) is 0. The first kappa shape index (κ1) is 18.6. The minimum Gasteiger partial charge on any atom is -0.508 e. The zero-order valence-corrected chi connectivity index (χ0v) is 14.2. The quantitative estimate of drug-likeness (QED) is 0.696. The van der Waals surface area contributed by atoms with E-state index >= 15 is 0 Å². The van der Waals surface area contributed by atoms with Crippen molar-refractivity contribution in [1.29, 1.82) is 0 Å². The molecule has 1 heterocycles. The number of aromatic nitrogens is 1. The lowest BCUT2D eigenvalue weighted by molar-refractivity contribution is -0.274. The lowest BCUT2D eigenvalue weighted by atomic mass is 10.1. The minimum atomic E-state index is -4.75. The number of hydrogen-bond acceptors (Lipinski definition) is 3. The molecule has 2 aromatic carbocycles. The summed E-state index contributed by atoms with van der Waals surface area (Å²) in [6.45, 7) is 2.11. The Morgan fingerprint density at radius 3 is 2.41 bits per heavy atom.